The number of anilines is 1. The average molecular weight is 558 g/mol. The number of carbonyl (C=O) groups excluding carboxylic acids is 2. The summed E-state index contributed by atoms with van der Waals surface area (Å²) in [6.45, 7) is 1.35. The van der Waals surface area contributed by atoms with Crippen LogP contribution in [-0.4, -0.2) is 93.4 Å². The Kier molecular flexibility index (Phi) is 12.2. The van der Waals surface area contributed by atoms with Gasteiger partial charge in [0.2, 0.25) is 5.91 Å². The number of hydrogen-bond donors (Lipinski definition) is 2. The van der Waals surface area contributed by atoms with Crippen LogP contribution < -0.4 is 16.0 Å². The van der Waals surface area contributed by atoms with Gasteiger partial charge in [-0.05, 0) is 41.8 Å². The number of amides is 1. The molecule has 200 valence electrons. The highest BCUT2D eigenvalue weighted by atomic mass is 35.5. The molecule has 2 aromatic rings. The third-order valence-corrected chi connectivity index (χ3v) is 7.26. The van der Waals surface area contributed by atoms with E-state index in [4.69, 9.17) is 33.7 Å². The van der Waals surface area contributed by atoms with E-state index < -0.39 is 29.4 Å². The Bertz CT molecular complexity index is 1050. The molecule has 0 heterocycles. The predicted molar refractivity (Wildman–Crippen MR) is 168 cm³/mol. The van der Waals surface area contributed by atoms with Crippen molar-refractivity contribution in [2.24, 2.45) is 5.73 Å². The molecule has 2 aromatic carbocycles. The minimum Gasteiger partial charge on any atom is -0.478 e. The Morgan fingerprint density at radius 3 is 1.92 bits per heavy atom. The summed E-state index contributed by atoms with van der Waals surface area (Å²) in [7, 11) is 9.58. The lowest BCUT2D eigenvalue weighted by Crippen LogP contribution is -2.55. The fraction of sp³-hybridized carbons (Fsp3) is 0.417. The number of ether oxygens (including phenoxy) is 1. The topological polar surface area (TPSA) is 84.7 Å². The van der Waals surface area contributed by atoms with Crippen LogP contribution in [0, 0.1) is 5.82 Å². The Labute approximate surface area is 239 Å². The molecule has 0 saturated carbocycles. The van der Waals surface area contributed by atoms with Crippen molar-refractivity contribution in [2.45, 2.75) is 35.4 Å². The van der Waals surface area contributed by atoms with Crippen LogP contribution in [0.2, 0.25) is 5.11 Å². The molecule has 0 spiro atoms. The van der Waals surface area contributed by atoms with Crippen molar-refractivity contribution in [3.05, 3.63) is 65.5 Å². The predicted octanol–water partition coefficient (Wildman–Crippen LogP) is -1.86. The smallest absolute Gasteiger partial charge is 0.327 e. The van der Waals surface area contributed by atoms with Crippen molar-refractivity contribution in [2.75, 3.05) is 29.7 Å². The van der Waals surface area contributed by atoms with Crippen molar-refractivity contribution in [3.63, 3.8) is 0 Å². The lowest BCUT2D eigenvalue weighted by molar-refractivity contribution is -0.151. The molecule has 14 heteroatoms. The molecule has 0 unspecified atom stereocenters. The van der Waals surface area contributed by atoms with Gasteiger partial charge in [0.15, 0.2) is 0 Å². The van der Waals surface area contributed by atoms with E-state index in [-0.39, 0.29) is 23.8 Å². The third kappa shape index (κ3) is 9.62. The second kappa shape index (κ2) is 14.4. The molecule has 6 nitrogen and oxygen atoms in total. The standard InChI is InChI=1S/C24H35B5Cl2FN3O3/c25-23(26,27)24(28,29)38-22(37)20(14-16-1-5-17(32)6-2-16)34-21(36)19(33)13-15-3-7-18(8-4-15)35(11-9-30)12-10-31/h1-8,19-20H,9-14,25-29,33H2,(H,34,36)/t19-,20-/m0/s1. The van der Waals surface area contributed by atoms with Crippen molar-refractivity contribution in [3.8, 4) is 0 Å². The SMILES string of the molecule is BC(B)(B)C(B)(B)OC(=O)[C@H](Cc1ccc(F)cc1)NC(=O)[C@@H](N)Cc1ccc(N(CCCl)CCCl)cc1. The van der Waals surface area contributed by atoms with Gasteiger partial charge in [-0.1, -0.05) is 29.4 Å². The van der Waals surface area contributed by atoms with Gasteiger partial charge in [-0.3, -0.25) is 4.79 Å². The first-order valence-electron chi connectivity index (χ1n) is 12.8. The van der Waals surface area contributed by atoms with Gasteiger partial charge in [0.1, 0.15) is 27.6 Å². The summed E-state index contributed by atoms with van der Waals surface area (Å²) < 4.78 is 19.3. The van der Waals surface area contributed by atoms with Gasteiger partial charge < -0.3 is 20.7 Å². The molecule has 0 aliphatic rings. The van der Waals surface area contributed by atoms with Crippen molar-refractivity contribution < 1.29 is 18.7 Å². The normalized spacial score (nSPS) is 13.4. The van der Waals surface area contributed by atoms with E-state index in [9.17, 15) is 14.0 Å². The Morgan fingerprint density at radius 1 is 0.921 bits per heavy atom. The highest BCUT2D eigenvalue weighted by molar-refractivity contribution is 6.67. The van der Waals surface area contributed by atoms with E-state index in [1.54, 1.807) is 12.1 Å². The number of esters is 1. The fourth-order valence-electron chi connectivity index (χ4n) is 3.57. The Balaban J connectivity index is 2.14. The number of nitrogens with zero attached hydrogens (tertiary/aromatic N) is 1. The molecule has 0 aromatic heterocycles. The molecule has 3 N–H and O–H groups in total. The molecule has 38 heavy (non-hydrogen) atoms. The second-order valence-electron chi connectivity index (χ2n) is 10.9. The van der Waals surface area contributed by atoms with Crippen molar-refractivity contribution in [1.82, 2.24) is 5.32 Å². The molecule has 0 bridgehead atoms. The number of hydrogen-bond acceptors (Lipinski definition) is 5. The summed E-state index contributed by atoms with van der Waals surface area (Å²) in [5.41, 5.74) is 8.78. The second-order valence-corrected chi connectivity index (χ2v) is 11.7. The van der Waals surface area contributed by atoms with Crippen LogP contribution in [0.4, 0.5) is 10.1 Å². The molecular weight excluding hydrogens is 522 g/mol. The first kappa shape index (κ1) is 32.2. The largest absolute Gasteiger partial charge is 0.478 e. The summed E-state index contributed by atoms with van der Waals surface area (Å²) in [5, 5.41) is 1.64. The summed E-state index contributed by atoms with van der Waals surface area (Å²) in [6.07, 6.45) is 0.423. The van der Waals surface area contributed by atoms with Gasteiger partial charge in [0.05, 0.1) is 29.6 Å². The highest BCUT2D eigenvalue weighted by Crippen LogP contribution is 2.26. The van der Waals surface area contributed by atoms with Gasteiger partial charge in [-0.15, -0.1) is 23.2 Å². The number of nitrogens with one attached hydrogen (secondary N) is 1. The van der Waals surface area contributed by atoms with Crippen LogP contribution in [0.5, 0.6) is 0 Å². The van der Waals surface area contributed by atoms with Crippen molar-refractivity contribution in [1.29, 1.82) is 0 Å². The molecule has 2 rings (SSSR count). The zero-order valence-corrected chi connectivity index (χ0v) is 24.4. The van der Waals surface area contributed by atoms with Gasteiger partial charge in [0.25, 0.3) is 0 Å². The summed E-state index contributed by atoms with van der Waals surface area (Å²) in [5.74, 6) is -0.460. The fourth-order valence-corrected chi connectivity index (χ4v) is 3.98. The number of benzene rings is 2. The maximum atomic E-state index is 13.4. The Hall–Kier alpha value is -2.03. The van der Waals surface area contributed by atoms with Crippen LogP contribution >= 0.6 is 23.2 Å². The Morgan fingerprint density at radius 2 is 1.42 bits per heavy atom. The number of carbonyl (C=O) groups is 2. The molecule has 0 fully saturated rings. The highest BCUT2D eigenvalue weighted by Gasteiger charge is 2.38. The third-order valence-electron chi connectivity index (χ3n) is 6.92. The number of nitrogens with two attached hydrogens (primary N) is 1. The minimum atomic E-state index is -0.984. The monoisotopic (exact) mass is 557 g/mol. The molecule has 0 aliphatic heterocycles. The average Bonchev–Trinajstić information content (AvgIpc) is 2.84. The molecule has 1 amide bonds. The number of rotatable bonds is 14. The van der Waals surface area contributed by atoms with E-state index >= 15 is 0 Å². The van der Waals surface area contributed by atoms with Crippen LogP contribution in [0.1, 0.15) is 11.1 Å². The van der Waals surface area contributed by atoms with Gasteiger partial charge in [-0.2, -0.15) is 0 Å². The maximum Gasteiger partial charge on any atom is 0.327 e. The first-order valence-corrected chi connectivity index (χ1v) is 13.8. The van der Waals surface area contributed by atoms with Gasteiger partial charge in [-0.25, -0.2) is 9.18 Å². The van der Waals surface area contributed by atoms with E-state index in [0.717, 1.165) is 11.3 Å². The summed E-state index contributed by atoms with van der Waals surface area (Å²) in [6, 6.07) is 11.6. The molecule has 2 atom stereocenters. The number of alkyl halides is 2. The lowest BCUT2D eigenvalue weighted by Gasteiger charge is -2.40. The van der Waals surface area contributed by atoms with Crippen LogP contribution in [-0.2, 0) is 27.2 Å². The summed E-state index contributed by atoms with van der Waals surface area (Å²) >= 11 is 11.8. The molecule has 0 radical (unpaired) electrons. The van der Waals surface area contributed by atoms with Gasteiger partial charge >= 0.3 is 5.97 Å². The van der Waals surface area contributed by atoms with Crippen LogP contribution in [0.3, 0.4) is 0 Å². The van der Waals surface area contributed by atoms with E-state index in [1.165, 1.54) is 12.1 Å². The number of halogens is 3. The quantitative estimate of drug-likeness (QED) is 0.162. The van der Waals surface area contributed by atoms with Crippen LogP contribution in [0.25, 0.3) is 0 Å². The summed E-state index contributed by atoms with van der Waals surface area (Å²) in [4.78, 5) is 28.4. The van der Waals surface area contributed by atoms with Crippen molar-refractivity contribution >= 4 is 80.0 Å². The molecular formula is C24H35B5Cl2FN3O3. The van der Waals surface area contributed by atoms with E-state index in [1.807, 2.05) is 63.5 Å². The maximum absolute atomic E-state index is 13.4. The lowest BCUT2D eigenvalue weighted by atomic mass is 9.28. The van der Waals surface area contributed by atoms with Crippen LogP contribution in [0.15, 0.2) is 48.5 Å². The zero-order valence-electron chi connectivity index (χ0n) is 22.9. The van der Waals surface area contributed by atoms with E-state index in [2.05, 4.69) is 10.2 Å². The zero-order chi connectivity index (χ0) is 28.5. The van der Waals surface area contributed by atoms with E-state index in [0.29, 0.717) is 30.4 Å². The first-order chi connectivity index (χ1) is 17.8. The van der Waals surface area contributed by atoms with Gasteiger partial charge in [0, 0.05) is 42.4 Å². The minimum absolute atomic E-state index is 0.142. The molecule has 0 saturated heterocycles. The molecule has 0 aliphatic carbocycles.